The van der Waals surface area contributed by atoms with Gasteiger partial charge in [-0.15, -0.1) is 0 Å². The molecule has 1 N–H and O–H groups in total. The van der Waals surface area contributed by atoms with E-state index >= 15 is 0 Å². The first-order valence-corrected chi connectivity index (χ1v) is 6.58. The van der Waals surface area contributed by atoms with Crippen LogP contribution >= 0.6 is 0 Å². The predicted octanol–water partition coefficient (Wildman–Crippen LogP) is 3.17. The van der Waals surface area contributed by atoms with Crippen molar-refractivity contribution in [1.29, 1.82) is 0 Å². The molecule has 1 aromatic heterocycles. The molecule has 0 aliphatic carbocycles. The third kappa shape index (κ3) is 3.15. The van der Waals surface area contributed by atoms with E-state index in [9.17, 15) is 0 Å². The molecule has 0 spiro atoms. The number of benzene rings is 1. The molecular weight excluding hydrogens is 238 g/mol. The van der Waals surface area contributed by atoms with E-state index in [1.54, 1.807) is 6.26 Å². The maximum Gasteiger partial charge on any atom is 0.301 e. The first kappa shape index (κ1) is 13.6. The fraction of sp³-hybridized carbons (Fsp3) is 0.400. The lowest BCUT2D eigenvalue weighted by molar-refractivity contribution is 0.558. The summed E-state index contributed by atoms with van der Waals surface area (Å²) in [5.41, 5.74) is 4.51. The zero-order valence-electron chi connectivity index (χ0n) is 12.0. The van der Waals surface area contributed by atoms with Crippen molar-refractivity contribution in [3.63, 3.8) is 0 Å². The zero-order chi connectivity index (χ0) is 13.8. The molecule has 0 bridgehead atoms. The summed E-state index contributed by atoms with van der Waals surface area (Å²) >= 11 is 0. The van der Waals surface area contributed by atoms with Crippen LogP contribution in [-0.2, 0) is 6.54 Å². The number of aromatic nitrogens is 1. The maximum absolute atomic E-state index is 5.54. The van der Waals surface area contributed by atoms with Gasteiger partial charge in [-0.25, -0.2) is 0 Å². The van der Waals surface area contributed by atoms with Gasteiger partial charge in [0.2, 0.25) is 0 Å². The van der Waals surface area contributed by atoms with Gasteiger partial charge >= 0.3 is 6.01 Å². The summed E-state index contributed by atoms with van der Waals surface area (Å²) in [5.74, 6) is 0. The van der Waals surface area contributed by atoms with E-state index in [2.05, 4.69) is 49.3 Å². The summed E-state index contributed by atoms with van der Waals surface area (Å²) in [7, 11) is 1.97. The van der Waals surface area contributed by atoms with Crippen molar-refractivity contribution >= 4 is 11.7 Å². The maximum atomic E-state index is 5.54. The summed E-state index contributed by atoms with van der Waals surface area (Å²) in [4.78, 5) is 6.46. The van der Waals surface area contributed by atoms with Crippen molar-refractivity contribution in [1.82, 2.24) is 10.3 Å². The lowest BCUT2D eigenvalue weighted by atomic mass is 10.1. The molecule has 19 heavy (non-hydrogen) atoms. The second-order valence-electron chi connectivity index (χ2n) is 4.75. The van der Waals surface area contributed by atoms with Gasteiger partial charge in [0, 0.05) is 19.3 Å². The van der Waals surface area contributed by atoms with E-state index < -0.39 is 0 Å². The summed E-state index contributed by atoms with van der Waals surface area (Å²) in [6, 6.07) is 6.98. The van der Waals surface area contributed by atoms with Gasteiger partial charge in [-0.2, -0.15) is 4.98 Å². The largest absolute Gasteiger partial charge is 0.431 e. The molecule has 0 atom stereocenters. The van der Waals surface area contributed by atoms with Crippen LogP contribution in [0.4, 0.5) is 11.7 Å². The highest BCUT2D eigenvalue weighted by molar-refractivity contribution is 5.60. The number of hydrogen-bond acceptors (Lipinski definition) is 4. The van der Waals surface area contributed by atoms with Crippen LogP contribution in [0.25, 0.3) is 0 Å². The molecule has 2 rings (SSSR count). The van der Waals surface area contributed by atoms with Gasteiger partial charge in [0.15, 0.2) is 0 Å². The Hall–Kier alpha value is -1.81. The van der Waals surface area contributed by atoms with E-state index in [-0.39, 0.29) is 0 Å². The van der Waals surface area contributed by atoms with Gasteiger partial charge in [-0.05, 0) is 32.0 Å². The molecule has 2 aromatic rings. The van der Waals surface area contributed by atoms with E-state index in [1.165, 1.54) is 11.1 Å². The molecule has 4 nitrogen and oxygen atoms in total. The fourth-order valence-corrected chi connectivity index (χ4v) is 2.07. The monoisotopic (exact) mass is 259 g/mol. The number of rotatable bonds is 5. The molecule has 102 valence electrons. The second-order valence-corrected chi connectivity index (χ2v) is 4.75. The summed E-state index contributed by atoms with van der Waals surface area (Å²) < 4.78 is 5.54. The molecule has 0 saturated carbocycles. The van der Waals surface area contributed by atoms with Crippen molar-refractivity contribution < 1.29 is 4.42 Å². The van der Waals surface area contributed by atoms with Crippen LogP contribution in [-0.4, -0.2) is 18.6 Å². The van der Waals surface area contributed by atoms with E-state index in [0.717, 1.165) is 24.5 Å². The molecule has 1 aromatic carbocycles. The molecule has 0 unspecified atom stereocenters. The van der Waals surface area contributed by atoms with Gasteiger partial charge in [-0.1, -0.05) is 24.6 Å². The Bertz CT molecular complexity index is 548. The van der Waals surface area contributed by atoms with Crippen LogP contribution in [0.15, 0.2) is 28.9 Å². The highest BCUT2D eigenvalue weighted by Gasteiger charge is 2.12. The van der Waals surface area contributed by atoms with Gasteiger partial charge < -0.3 is 9.73 Å². The van der Waals surface area contributed by atoms with E-state index in [1.807, 2.05) is 11.9 Å². The normalized spacial score (nSPS) is 10.7. The molecule has 0 aliphatic rings. The summed E-state index contributed by atoms with van der Waals surface area (Å²) in [5, 5.41) is 3.23. The van der Waals surface area contributed by atoms with E-state index in [0.29, 0.717) is 6.01 Å². The Morgan fingerprint density at radius 1 is 1.32 bits per heavy atom. The summed E-state index contributed by atoms with van der Waals surface area (Å²) in [6.07, 6.45) is 1.71. The Balaban J connectivity index is 2.18. The van der Waals surface area contributed by atoms with Crippen molar-refractivity contribution in [2.75, 3.05) is 18.5 Å². The lowest BCUT2D eigenvalue weighted by Gasteiger charge is -2.17. The minimum Gasteiger partial charge on any atom is -0.431 e. The van der Waals surface area contributed by atoms with Crippen molar-refractivity contribution in [3.05, 3.63) is 41.3 Å². The molecule has 0 fully saturated rings. The number of aryl methyl sites for hydroxylation is 2. The van der Waals surface area contributed by atoms with Gasteiger partial charge in [0.25, 0.3) is 0 Å². The van der Waals surface area contributed by atoms with Gasteiger partial charge in [0.1, 0.15) is 6.26 Å². The summed E-state index contributed by atoms with van der Waals surface area (Å²) in [6.45, 7) is 7.93. The molecule has 0 amide bonds. The van der Waals surface area contributed by atoms with Crippen LogP contribution in [0.5, 0.6) is 0 Å². The number of hydrogen-bond donors (Lipinski definition) is 1. The fourth-order valence-electron chi connectivity index (χ4n) is 2.07. The standard InChI is InChI=1S/C15H21N3O/c1-5-16-9-13-10-19-15(17-13)18(4)14-7-6-11(2)8-12(14)3/h6-8,10,16H,5,9H2,1-4H3. The zero-order valence-corrected chi connectivity index (χ0v) is 12.0. The third-order valence-corrected chi connectivity index (χ3v) is 3.10. The van der Waals surface area contributed by atoms with Crippen LogP contribution in [0.1, 0.15) is 23.7 Å². The Labute approximate surface area is 114 Å². The van der Waals surface area contributed by atoms with Crippen molar-refractivity contribution in [2.24, 2.45) is 0 Å². The smallest absolute Gasteiger partial charge is 0.301 e. The molecule has 1 heterocycles. The van der Waals surface area contributed by atoms with Gasteiger partial charge in [-0.3, -0.25) is 4.90 Å². The Morgan fingerprint density at radius 2 is 2.11 bits per heavy atom. The second kappa shape index (κ2) is 5.89. The van der Waals surface area contributed by atoms with Crippen LogP contribution in [0, 0.1) is 13.8 Å². The minimum atomic E-state index is 0.625. The number of oxazole rings is 1. The molecule has 0 radical (unpaired) electrons. The highest BCUT2D eigenvalue weighted by atomic mass is 16.4. The highest BCUT2D eigenvalue weighted by Crippen LogP contribution is 2.26. The molecular formula is C15H21N3O. The molecule has 4 heteroatoms. The van der Waals surface area contributed by atoms with Crippen molar-refractivity contribution in [3.8, 4) is 0 Å². The Morgan fingerprint density at radius 3 is 2.79 bits per heavy atom. The van der Waals surface area contributed by atoms with Gasteiger partial charge in [0.05, 0.1) is 5.69 Å². The number of nitrogens with one attached hydrogen (secondary N) is 1. The Kier molecular flexibility index (Phi) is 4.22. The quantitative estimate of drug-likeness (QED) is 0.895. The first-order chi connectivity index (χ1) is 9.11. The number of anilines is 2. The third-order valence-electron chi connectivity index (χ3n) is 3.10. The van der Waals surface area contributed by atoms with Crippen LogP contribution in [0.3, 0.4) is 0 Å². The van der Waals surface area contributed by atoms with Crippen molar-refractivity contribution in [2.45, 2.75) is 27.3 Å². The van der Waals surface area contributed by atoms with Crippen LogP contribution in [0.2, 0.25) is 0 Å². The average Bonchev–Trinajstić information content (AvgIpc) is 2.84. The number of nitrogens with zero attached hydrogens (tertiary/aromatic N) is 2. The molecule has 0 saturated heterocycles. The predicted molar refractivity (Wildman–Crippen MR) is 77.9 cm³/mol. The average molecular weight is 259 g/mol. The lowest BCUT2D eigenvalue weighted by Crippen LogP contribution is -2.13. The first-order valence-electron chi connectivity index (χ1n) is 6.58. The minimum absolute atomic E-state index is 0.625. The SMILES string of the molecule is CCNCc1coc(N(C)c2ccc(C)cc2C)n1. The topological polar surface area (TPSA) is 41.3 Å². The van der Waals surface area contributed by atoms with Crippen LogP contribution < -0.4 is 10.2 Å². The van der Waals surface area contributed by atoms with E-state index in [4.69, 9.17) is 4.42 Å². The molecule has 0 aliphatic heterocycles.